The lowest BCUT2D eigenvalue weighted by molar-refractivity contribution is -0.128. The molecule has 0 bridgehead atoms. The number of hydrogen-bond donors (Lipinski definition) is 3. The van der Waals surface area contributed by atoms with Crippen LogP contribution in [0.3, 0.4) is 0 Å². The molecule has 0 aromatic carbocycles. The molecule has 0 atom stereocenters. The zero-order valence-electron chi connectivity index (χ0n) is 11.7. The van der Waals surface area contributed by atoms with Gasteiger partial charge in [-0.2, -0.15) is 12.7 Å². The van der Waals surface area contributed by atoms with Crippen molar-refractivity contribution in [2.24, 2.45) is 16.8 Å². The Morgan fingerprint density at radius 1 is 1.25 bits per heavy atom. The maximum absolute atomic E-state index is 12.3. The lowest BCUT2D eigenvalue weighted by Gasteiger charge is -2.34. The number of nitrogens with one attached hydrogen (secondary N) is 1. The summed E-state index contributed by atoms with van der Waals surface area (Å²) in [6, 6.07) is 0. The minimum atomic E-state index is -3.63. The summed E-state index contributed by atoms with van der Waals surface area (Å²) in [5.41, 5.74) is 5.57. The summed E-state index contributed by atoms with van der Waals surface area (Å²) in [5, 5.41) is 8.19. The maximum Gasteiger partial charge on any atom is 0.276 e. The van der Waals surface area contributed by atoms with Gasteiger partial charge in [-0.15, -0.1) is 0 Å². The van der Waals surface area contributed by atoms with Gasteiger partial charge in [-0.1, -0.05) is 12.8 Å². The molecule has 2 fully saturated rings. The van der Waals surface area contributed by atoms with Crippen molar-refractivity contribution in [2.75, 3.05) is 19.6 Å². The molecule has 0 aromatic heterocycles. The predicted molar refractivity (Wildman–Crippen MR) is 75.8 cm³/mol. The Morgan fingerprint density at radius 2 is 1.80 bits per heavy atom. The van der Waals surface area contributed by atoms with Crippen LogP contribution in [-0.4, -0.2) is 43.8 Å². The molecule has 2 aliphatic rings. The molecule has 5 N–H and O–H groups in total. The van der Waals surface area contributed by atoms with Gasteiger partial charge in [-0.05, 0) is 25.7 Å². The normalized spacial score (nSPS) is 24.7. The molecule has 0 radical (unpaired) electrons. The van der Waals surface area contributed by atoms with Crippen LogP contribution >= 0.6 is 0 Å². The van der Waals surface area contributed by atoms with Crippen LogP contribution in [-0.2, 0) is 15.0 Å². The van der Waals surface area contributed by atoms with Crippen LogP contribution in [0.1, 0.15) is 38.5 Å². The van der Waals surface area contributed by atoms with E-state index < -0.39 is 10.2 Å². The highest BCUT2D eigenvalue weighted by atomic mass is 32.2. The van der Waals surface area contributed by atoms with Crippen LogP contribution in [0.2, 0.25) is 0 Å². The van der Waals surface area contributed by atoms with Crippen molar-refractivity contribution in [3.63, 3.8) is 0 Å². The largest absolute Gasteiger partial charge is 0.349 e. The fourth-order valence-electron chi connectivity index (χ4n) is 3.17. The van der Waals surface area contributed by atoms with Crippen LogP contribution < -0.4 is 16.2 Å². The molecule has 0 spiro atoms. The zero-order chi connectivity index (χ0) is 14.8. The van der Waals surface area contributed by atoms with Crippen molar-refractivity contribution in [3.8, 4) is 0 Å². The van der Waals surface area contributed by atoms with Crippen LogP contribution in [0.4, 0.5) is 0 Å². The third kappa shape index (κ3) is 3.49. The van der Waals surface area contributed by atoms with Gasteiger partial charge in [0.05, 0.1) is 5.54 Å². The number of nitrogens with two attached hydrogens (primary N) is 2. The molecule has 1 saturated heterocycles. The van der Waals surface area contributed by atoms with Crippen LogP contribution in [0.25, 0.3) is 0 Å². The molecule has 8 heteroatoms. The van der Waals surface area contributed by atoms with E-state index in [1.807, 2.05) is 0 Å². The molecule has 1 aliphatic heterocycles. The molecule has 1 saturated carbocycles. The first-order valence-electron chi connectivity index (χ1n) is 7.16. The highest BCUT2D eigenvalue weighted by Crippen LogP contribution is 2.29. The highest BCUT2D eigenvalue weighted by molar-refractivity contribution is 7.86. The highest BCUT2D eigenvalue weighted by Gasteiger charge is 2.37. The van der Waals surface area contributed by atoms with E-state index in [9.17, 15) is 13.2 Å². The van der Waals surface area contributed by atoms with E-state index in [1.54, 1.807) is 0 Å². The second-order valence-electron chi connectivity index (χ2n) is 5.90. The Morgan fingerprint density at radius 3 is 2.25 bits per heavy atom. The maximum atomic E-state index is 12.3. The van der Waals surface area contributed by atoms with Crippen molar-refractivity contribution in [3.05, 3.63) is 0 Å². The molecule has 116 valence electrons. The predicted octanol–water partition coefficient (Wildman–Crippen LogP) is -0.710. The fourth-order valence-corrected chi connectivity index (χ4v) is 3.89. The third-order valence-corrected chi connectivity index (χ3v) is 5.61. The number of rotatable bonds is 4. The molecular formula is C12H24N4O3S. The summed E-state index contributed by atoms with van der Waals surface area (Å²) < 4.78 is 23.7. The van der Waals surface area contributed by atoms with E-state index in [1.165, 1.54) is 4.31 Å². The van der Waals surface area contributed by atoms with Gasteiger partial charge in [-0.25, -0.2) is 5.14 Å². The lowest BCUT2D eigenvalue weighted by atomic mass is 9.93. The smallest absolute Gasteiger partial charge is 0.276 e. The topological polar surface area (TPSA) is 119 Å². The SMILES string of the molecule is NCC1(NC(=O)C2CCN(S(N)(=O)=O)CC2)CCCC1. The summed E-state index contributed by atoms with van der Waals surface area (Å²) in [6.07, 6.45) is 5.10. The number of piperidine rings is 1. The molecule has 1 heterocycles. The second kappa shape index (κ2) is 5.97. The van der Waals surface area contributed by atoms with Gasteiger partial charge in [0, 0.05) is 25.6 Å². The van der Waals surface area contributed by atoms with E-state index in [-0.39, 0.29) is 17.4 Å². The number of carbonyl (C=O) groups excluding carboxylic acids is 1. The first-order chi connectivity index (χ1) is 9.36. The Labute approximate surface area is 120 Å². The zero-order valence-corrected chi connectivity index (χ0v) is 12.5. The molecule has 2 rings (SSSR count). The molecule has 0 unspecified atom stereocenters. The van der Waals surface area contributed by atoms with Crippen molar-refractivity contribution < 1.29 is 13.2 Å². The van der Waals surface area contributed by atoms with Gasteiger partial charge in [0.2, 0.25) is 5.91 Å². The van der Waals surface area contributed by atoms with Gasteiger partial charge in [0.1, 0.15) is 0 Å². The minimum absolute atomic E-state index is 0.00594. The number of hydrogen-bond acceptors (Lipinski definition) is 4. The van der Waals surface area contributed by atoms with Gasteiger partial charge < -0.3 is 11.1 Å². The van der Waals surface area contributed by atoms with Gasteiger partial charge in [0.15, 0.2) is 0 Å². The Kier molecular flexibility index (Phi) is 4.68. The summed E-state index contributed by atoms with van der Waals surface area (Å²) in [6.45, 7) is 1.09. The fraction of sp³-hybridized carbons (Fsp3) is 0.917. The monoisotopic (exact) mass is 304 g/mol. The first kappa shape index (κ1) is 15.7. The van der Waals surface area contributed by atoms with Crippen LogP contribution in [0.5, 0.6) is 0 Å². The number of carbonyl (C=O) groups is 1. The number of nitrogens with zero attached hydrogens (tertiary/aromatic N) is 1. The molecule has 7 nitrogen and oxygen atoms in total. The van der Waals surface area contributed by atoms with E-state index in [2.05, 4.69) is 5.32 Å². The summed E-state index contributed by atoms with van der Waals surface area (Å²) >= 11 is 0. The standard InChI is InChI=1S/C12H24N4O3S/c13-9-12(5-1-2-6-12)15-11(17)10-3-7-16(8-4-10)20(14,18)19/h10H,1-9,13H2,(H,15,17)(H2,14,18,19). The summed E-state index contributed by atoms with van der Waals surface area (Å²) in [4.78, 5) is 12.3. The van der Waals surface area contributed by atoms with Crippen molar-refractivity contribution in [2.45, 2.75) is 44.1 Å². The van der Waals surface area contributed by atoms with E-state index in [0.717, 1.165) is 25.7 Å². The molecular weight excluding hydrogens is 280 g/mol. The summed E-state index contributed by atoms with van der Waals surface area (Å²) in [5.74, 6) is -0.136. The first-order valence-corrected chi connectivity index (χ1v) is 8.67. The molecule has 20 heavy (non-hydrogen) atoms. The lowest BCUT2D eigenvalue weighted by Crippen LogP contribution is -2.54. The Balaban J connectivity index is 1.89. The Bertz CT molecular complexity index is 451. The Hall–Kier alpha value is -0.700. The van der Waals surface area contributed by atoms with Crippen LogP contribution in [0, 0.1) is 5.92 Å². The van der Waals surface area contributed by atoms with E-state index >= 15 is 0 Å². The second-order valence-corrected chi connectivity index (χ2v) is 7.45. The van der Waals surface area contributed by atoms with Crippen molar-refractivity contribution in [1.29, 1.82) is 0 Å². The van der Waals surface area contributed by atoms with Crippen LogP contribution in [0.15, 0.2) is 0 Å². The third-order valence-electron chi connectivity index (χ3n) is 4.52. The van der Waals surface area contributed by atoms with E-state index in [0.29, 0.717) is 32.5 Å². The minimum Gasteiger partial charge on any atom is -0.349 e. The van der Waals surface area contributed by atoms with E-state index in [4.69, 9.17) is 10.9 Å². The van der Waals surface area contributed by atoms with Gasteiger partial charge in [-0.3, -0.25) is 4.79 Å². The van der Waals surface area contributed by atoms with Crippen molar-refractivity contribution in [1.82, 2.24) is 9.62 Å². The number of amides is 1. The van der Waals surface area contributed by atoms with Gasteiger partial charge >= 0.3 is 0 Å². The average Bonchev–Trinajstić information content (AvgIpc) is 2.87. The van der Waals surface area contributed by atoms with Gasteiger partial charge in [0.25, 0.3) is 10.2 Å². The van der Waals surface area contributed by atoms with Crippen molar-refractivity contribution >= 4 is 16.1 Å². The molecule has 1 amide bonds. The molecule has 1 aliphatic carbocycles. The average molecular weight is 304 g/mol. The molecule has 0 aromatic rings. The summed E-state index contributed by atoms with van der Waals surface area (Å²) in [7, 11) is -3.63. The quantitative estimate of drug-likeness (QED) is 0.635.